The average molecular weight is 175 g/mol. The van der Waals surface area contributed by atoms with E-state index >= 15 is 0 Å². The maximum absolute atomic E-state index is 11.1. The summed E-state index contributed by atoms with van der Waals surface area (Å²) in [6.07, 6.45) is 0.635. The van der Waals surface area contributed by atoms with Crippen molar-refractivity contribution in [3.05, 3.63) is 34.9 Å². The lowest BCUT2D eigenvalue weighted by molar-refractivity contribution is 0.0879. The molecule has 13 heavy (non-hydrogen) atoms. The Balaban J connectivity index is 2.64. The van der Waals surface area contributed by atoms with Gasteiger partial charge in [0.1, 0.15) is 6.29 Å². The Morgan fingerprint density at radius 3 is 2.46 bits per heavy atom. The van der Waals surface area contributed by atoms with Crippen LogP contribution < -0.4 is 5.32 Å². The third-order valence-electron chi connectivity index (χ3n) is 1.90. The highest BCUT2D eigenvalue weighted by Gasteiger charge is 2.26. The number of aldehydes is 1. The van der Waals surface area contributed by atoms with Crippen molar-refractivity contribution in [1.82, 2.24) is 5.32 Å². The van der Waals surface area contributed by atoms with Gasteiger partial charge >= 0.3 is 0 Å². The first kappa shape index (κ1) is 7.67. The van der Waals surface area contributed by atoms with Gasteiger partial charge in [0.05, 0.1) is 11.1 Å². The zero-order valence-electron chi connectivity index (χ0n) is 6.53. The zero-order valence-corrected chi connectivity index (χ0v) is 6.53. The number of amides is 2. The molecule has 0 aliphatic carbocycles. The second-order valence-electron chi connectivity index (χ2n) is 2.71. The first-order valence-corrected chi connectivity index (χ1v) is 3.67. The number of imide groups is 1. The van der Waals surface area contributed by atoms with Gasteiger partial charge in [-0.25, -0.2) is 0 Å². The van der Waals surface area contributed by atoms with Crippen LogP contribution in [0.2, 0.25) is 0 Å². The lowest BCUT2D eigenvalue weighted by atomic mass is 10.1. The van der Waals surface area contributed by atoms with E-state index in [4.69, 9.17) is 0 Å². The van der Waals surface area contributed by atoms with Crippen LogP contribution in [-0.2, 0) is 0 Å². The van der Waals surface area contributed by atoms with E-state index in [-0.39, 0.29) is 5.56 Å². The number of fused-ring (bicyclic) bond motifs is 1. The molecular formula is C9H5NO3. The SMILES string of the molecule is O=Cc1ccc2c(c1)C(=O)NC2=O. The Morgan fingerprint density at radius 1 is 1.08 bits per heavy atom. The summed E-state index contributed by atoms with van der Waals surface area (Å²) < 4.78 is 0. The van der Waals surface area contributed by atoms with Crippen molar-refractivity contribution in [3.8, 4) is 0 Å². The van der Waals surface area contributed by atoms with E-state index in [2.05, 4.69) is 5.32 Å². The van der Waals surface area contributed by atoms with E-state index in [0.717, 1.165) is 0 Å². The largest absolute Gasteiger partial charge is 0.298 e. The number of rotatable bonds is 1. The molecule has 1 aliphatic rings. The fourth-order valence-electron chi connectivity index (χ4n) is 1.26. The molecule has 2 amide bonds. The van der Waals surface area contributed by atoms with Gasteiger partial charge in [0.25, 0.3) is 11.8 Å². The van der Waals surface area contributed by atoms with Gasteiger partial charge in [-0.2, -0.15) is 0 Å². The molecule has 1 aromatic rings. The minimum absolute atomic E-state index is 0.273. The molecule has 0 spiro atoms. The minimum atomic E-state index is -0.441. The molecule has 4 heteroatoms. The van der Waals surface area contributed by atoms with Gasteiger partial charge in [-0.1, -0.05) is 6.07 Å². The molecule has 0 atom stereocenters. The number of carbonyl (C=O) groups is 3. The third kappa shape index (κ3) is 1.03. The van der Waals surface area contributed by atoms with Crippen molar-refractivity contribution in [2.75, 3.05) is 0 Å². The molecule has 1 aromatic carbocycles. The average Bonchev–Trinajstić information content (AvgIpc) is 2.42. The van der Waals surface area contributed by atoms with Gasteiger partial charge < -0.3 is 0 Å². The summed E-state index contributed by atoms with van der Waals surface area (Å²) in [6, 6.07) is 4.38. The number of carbonyl (C=O) groups excluding carboxylic acids is 3. The highest BCUT2D eigenvalue weighted by Crippen LogP contribution is 2.16. The van der Waals surface area contributed by atoms with Crippen LogP contribution in [0.25, 0.3) is 0 Å². The topological polar surface area (TPSA) is 63.2 Å². The fraction of sp³-hybridized carbons (Fsp3) is 0. The van der Waals surface area contributed by atoms with E-state index in [1.807, 2.05) is 0 Å². The molecule has 0 bridgehead atoms. The summed E-state index contributed by atoms with van der Waals surface area (Å²) in [5.41, 5.74) is 0.994. The maximum atomic E-state index is 11.1. The van der Waals surface area contributed by atoms with Gasteiger partial charge in [0.15, 0.2) is 0 Å². The monoisotopic (exact) mass is 175 g/mol. The van der Waals surface area contributed by atoms with E-state index in [1.165, 1.54) is 18.2 Å². The fourth-order valence-corrected chi connectivity index (χ4v) is 1.26. The first-order valence-electron chi connectivity index (χ1n) is 3.67. The molecule has 1 heterocycles. The van der Waals surface area contributed by atoms with Crippen LogP contribution in [0.4, 0.5) is 0 Å². The Morgan fingerprint density at radius 2 is 1.77 bits per heavy atom. The molecule has 0 radical (unpaired) electrons. The molecule has 64 valence electrons. The number of hydrogen-bond acceptors (Lipinski definition) is 3. The second kappa shape index (κ2) is 2.52. The Labute approximate surface area is 73.6 Å². The second-order valence-corrected chi connectivity index (χ2v) is 2.71. The number of hydrogen-bond donors (Lipinski definition) is 1. The number of nitrogens with one attached hydrogen (secondary N) is 1. The quantitative estimate of drug-likeness (QED) is 0.495. The van der Waals surface area contributed by atoms with Crippen LogP contribution in [0.3, 0.4) is 0 Å². The lowest BCUT2D eigenvalue weighted by Gasteiger charge is -1.93. The standard InChI is InChI=1S/C9H5NO3/c11-4-5-1-2-6-7(3-5)9(13)10-8(6)12/h1-4H,(H,10,12,13). The van der Waals surface area contributed by atoms with E-state index in [0.29, 0.717) is 17.4 Å². The normalized spacial score (nSPS) is 13.8. The van der Waals surface area contributed by atoms with Crippen LogP contribution in [0.15, 0.2) is 18.2 Å². The van der Waals surface area contributed by atoms with Crippen molar-refractivity contribution in [1.29, 1.82) is 0 Å². The van der Waals surface area contributed by atoms with Crippen molar-refractivity contribution in [3.63, 3.8) is 0 Å². The first-order chi connectivity index (χ1) is 6.22. The van der Waals surface area contributed by atoms with Gasteiger partial charge in [0.2, 0.25) is 0 Å². The summed E-state index contributed by atoms with van der Waals surface area (Å²) in [5, 5.41) is 2.14. The summed E-state index contributed by atoms with van der Waals surface area (Å²) in [4.78, 5) is 32.5. The van der Waals surface area contributed by atoms with Crippen molar-refractivity contribution in [2.45, 2.75) is 0 Å². The van der Waals surface area contributed by atoms with Crippen LogP contribution in [0.5, 0.6) is 0 Å². The van der Waals surface area contributed by atoms with Crippen LogP contribution in [0, 0.1) is 0 Å². The molecule has 0 aromatic heterocycles. The highest BCUT2D eigenvalue weighted by molar-refractivity contribution is 6.21. The van der Waals surface area contributed by atoms with Gasteiger partial charge in [-0.3, -0.25) is 19.7 Å². The number of benzene rings is 1. The van der Waals surface area contributed by atoms with Crippen LogP contribution >= 0.6 is 0 Å². The zero-order chi connectivity index (χ0) is 9.42. The van der Waals surface area contributed by atoms with Crippen molar-refractivity contribution < 1.29 is 14.4 Å². The van der Waals surface area contributed by atoms with Gasteiger partial charge in [0, 0.05) is 5.56 Å². The van der Waals surface area contributed by atoms with Crippen molar-refractivity contribution in [2.24, 2.45) is 0 Å². The van der Waals surface area contributed by atoms with Crippen LogP contribution in [0.1, 0.15) is 31.1 Å². The van der Waals surface area contributed by atoms with Crippen LogP contribution in [-0.4, -0.2) is 18.1 Å². The minimum Gasteiger partial charge on any atom is -0.298 e. The molecule has 4 nitrogen and oxygen atoms in total. The smallest absolute Gasteiger partial charge is 0.258 e. The lowest BCUT2D eigenvalue weighted by Crippen LogP contribution is -2.19. The van der Waals surface area contributed by atoms with Gasteiger partial charge in [-0.05, 0) is 12.1 Å². The van der Waals surface area contributed by atoms with Crippen molar-refractivity contribution >= 4 is 18.1 Å². The van der Waals surface area contributed by atoms with E-state index in [9.17, 15) is 14.4 Å². The molecule has 0 saturated heterocycles. The molecular weight excluding hydrogens is 170 g/mol. The Kier molecular flexibility index (Phi) is 1.48. The summed E-state index contributed by atoms with van der Waals surface area (Å²) in [7, 11) is 0. The third-order valence-corrected chi connectivity index (χ3v) is 1.90. The van der Waals surface area contributed by atoms with E-state index < -0.39 is 11.8 Å². The Bertz CT molecular complexity index is 423. The summed E-state index contributed by atoms with van der Waals surface area (Å²) in [6.45, 7) is 0. The summed E-state index contributed by atoms with van der Waals surface area (Å²) in [5.74, 6) is -0.846. The molecule has 1 aliphatic heterocycles. The molecule has 0 unspecified atom stereocenters. The molecule has 0 fully saturated rings. The van der Waals surface area contributed by atoms with Gasteiger partial charge in [-0.15, -0.1) is 0 Å². The molecule has 0 saturated carbocycles. The molecule has 2 rings (SSSR count). The predicted octanol–water partition coefficient (Wildman–Crippen LogP) is 0.383. The maximum Gasteiger partial charge on any atom is 0.258 e. The highest BCUT2D eigenvalue weighted by atomic mass is 16.2. The van der Waals surface area contributed by atoms with E-state index in [1.54, 1.807) is 0 Å². The molecule has 1 N–H and O–H groups in total. The summed E-state index contributed by atoms with van der Waals surface area (Å²) >= 11 is 0. The Hall–Kier alpha value is -1.97. The predicted molar refractivity (Wildman–Crippen MR) is 43.6 cm³/mol.